The molecule has 2 rings (SSSR count). The van der Waals surface area contributed by atoms with Gasteiger partial charge in [-0.3, -0.25) is 4.79 Å². The van der Waals surface area contributed by atoms with Gasteiger partial charge in [-0.25, -0.2) is 8.42 Å². The van der Waals surface area contributed by atoms with E-state index in [1.165, 1.54) is 20.5 Å². The first kappa shape index (κ1) is 17.4. The van der Waals surface area contributed by atoms with E-state index >= 15 is 0 Å². The lowest BCUT2D eigenvalue weighted by Crippen LogP contribution is -2.48. The van der Waals surface area contributed by atoms with Crippen molar-refractivity contribution in [1.82, 2.24) is 9.21 Å². The highest BCUT2D eigenvalue weighted by atomic mass is 32.2. The first-order valence-corrected chi connectivity index (χ1v) is 9.65. The second-order valence-electron chi connectivity index (χ2n) is 5.28. The van der Waals surface area contributed by atoms with Crippen LogP contribution in [0, 0.1) is 6.92 Å². The van der Waals surface area contributed by atoms with Crippen LogP contribution in [0.25, 0.3) is 0 Å². The second-order valence-corrected chi connectivity index (χ2v) is 8.69. The Morgan fingerprint density at radius 1 is 1.50 bits per heavy atom. The summed E-state index contributed by atoms with van der Waals surface area (Å²) in [5, 5.41) is 9.04. The van der Waals surface area contributed by atoms with E-state index in [1.807, 2.05) is 13.8 Å². The molecule has 1 aromatic rings. The van der Waals surface area contributed by atoms with Crippen LogP contribution in [0.15, 0.2) is 16.3 Å². The molecule has 1 aromatic heterocycles. The van der Waals surface area contributed by atoms with Crippen molar-refractivity contribution in [3.63, 3.8) is 0 Å². The van der Waals surface area contributed by atoms with Crippen LogP contribution in [0.4, 0.5) is 0 Å². The van der Waals surface area contributed by atoms with Gasteiger partial charge in [0, 0.05) is 24.5 Å². The van der Waals surface area contributed by atoms with Gasteiger partial charge in [0.25, 0.3) is 10.0 Å². The zero-order valence-electron chi connectivity index (χ0n) is 12.9. The summed E-state index contributed by atoms with van der Waals surface area (Å²) in [6, 6.07) is 2.72. The highest BCUT2D eigenvalue weighted by molar-refractivity contribution is 7.91. The van der Waals surface area contributed by atoms with Crippen molar-refractivity contribution >= 4 is 27.3 Å². The SMILES string of the molecule is CCN(CCO)C(=O)C1CCCN1S(=O)(=O)c1ccc(C)s1. The summed E-state index contributed by atoms with van der Waals surface area (Å²) in [4.78, 5) is 15.0. The van der Waals surface area contributed by atoms with Crippen molar-refractivity contribution in [1.29, 1.82) is 0 Å². The fourth-order valence-electron chi connectivity index (χ4n) is 2.70. The molecule has 0 aliphatic carbocycles. The average molecular weight is 346 g/mol. The van der Waals surface area contributed by atoms with E-state index < -0.39 is 16.1 Å². The van der Waals surface area contributed by atoms with Crippen LogP contribution >= 0.6 is 11.3 Å². The molecule has 1 saturated heterocycles. The van der Waals surface area contributed by atoms with E-state index in [-0.39, 0.29) is 23.3 Å². The summed E-state index contributed by atoms with van der Waals surface area (Å²) in [5.41, 5.74) is 0. The van der Waals surface area contributed by atoms with Gasteiger partial charge in [-0.2, -0.15) is 4.31 Å². The maximum absolute atomic E-state index is 12.7. The molecule has 0 spiro atoms. The van der Waals surface area contributed by atoms with Gasteiger partial charge in [-0.1, -0.05) is 0 Å². The number of rotatable bonds is 6. The largest absolute Gasteiger partial charge is 0.395 e. The lowest BCUT2D eigenvalue weighted by molar-refractivity contribution is -0.134. The monoisotopic (exact) mass is 346 g/mol. The number of hydrogen-bond donors (Lipinski definition) is 1. The molecule has 1 amide bonds. The maximum Gasteiger partial charge on any atom is 0.253 e. The van der Waals surface area contributed by atoms with Gasteiger partial charge >= 0.3 is 0 Å². The summed E-state index contributed by atoms with van der Waals surface area (Å²) in [5.74, 6) is -0.217. The van der Waals surface area contributed by atoms with Crippen LogP contribution in [0.3, 0.4) is 0 Å². The van der Waals surface area contributed by atoms with Crippen molar-refractivity contribution in [2.45, 2.75) is 36.9 Å². The van der Waals surface area contributed by atoms with Crippen LogP contribution in [0.5, 0.6) is 0 Å². The fourth-order valence-corrected chi connectivity index (χ4v) is 5.76. The Labute approximate surface area is 135 Å². The number of carbonyl (C=O) groups excluding carboxylic acids is 1. The van der Waals surface area contributed by atoms with Crippen molar-refractivity contribution in [3.8, 4) is 0 Å². The van der Waals surface area contributed by atoms with Crippen molar-refractivity contribution in [2.75, 3.05) is 26.2 Å². The van der Waals surface area contributed by atoms with Crippen molar-refractivity contribution in [2.24, 2.45) is 0 Å². The number of aliphatic hydroxyl groups is 1. The third kappa shape index (κ3) is 3.34. The first-order valence-electron chi connectivity index (χ1n) is 7.39. The minimum atomic E-state index is -3.63. The summed E-state index contributed by atoms with van der Waals surface area (Å²) < 4.78 is 27.1. The zero-order valence-corrected chi connectivity index (χ0v) is 14.5. The van der Waals surface area contributed by atoms with Crippen molar-refractivity contribution < 1.29 is 18.3 Å². The lowest BCUT2D eigenvalue weighted by atomic mass is 10.2. The molecule has 6 nitrogen and oxygen atoms in total. The van der Waals surface area contributed by atoms with E-state index in [2.05, 4.69) is 0 Å². The standard InChI is InChI=1S/C14H22N2O4S2/c1-3-15(9-10-17)14(18)12-5-4-8-16(12)22(19,20)13-7-6-11(2)21-13/h6-7,12,17H,3-5,8-10H2,1-2H3. The van der Waals surface area contributed by atoms with Gasteiger partial charge in [0.1, 0.15) is 10.3 Å². The molecule has 0 saturated carbocycles. The molecule has 1 N–H and O–H groups in total. The summed E-state index contributed by atoms with van der Waals surface area (Å²) in [6.45, 7) is 4.62. The Kier molecular flexibility index (Phi) is 5.60. The molecule has 8 heteroatoms. The predicted molar refractivity (Wildman–Crippen MR) is 85.3 cm³/mol. The van der Waals surface area contributed by atoms with Gasteiger partial charge in [-0.05, 0) is 38.8 Å². The van der Waals surface area contributed by atoms with Crippen LogP contribution in [-0.2, 0) is 14.8 Å². The number of sulfonamides is 1. The Morgan fingerprint density at radius 2 is 2.23 bits per heavy atom. The molecule has 1 fully saturated rings. The Morgan fingerprint density at radius 3 is 2.77 bits per heavy atom. The first-order chi connectivity index (χ1) is 10.4. The molecular weight excluding hydrogens is 324 g/mol. The van der Waals surface area contributed by atoms with Gasteiger partial charge in [0.05, 0.1) is 6.61 Å². The number of thiophene rings is 1. The van der Waals surface area contributed by atoms with Crippen LogP contribution in [0.2, 0.25) is 0 Å². The van der Waals surface area contributed by atoms with E-state index in [0.717, 1.165) is 4.88 Å². The van der Waals surface area contributed by atoms with E-state index in [4.69, 9.17) is 5.11 Å². The fraction of sp³-hybridized carbons (Fsp3) is 0.643. The van der Waals surface area contributed by atoms with Crippen LogP contribution < -0.4 is 0 Å². The molecule has 1 aliphatic rings. The van der Waals surface area contributed by atoms with Gasteiger partial charge in [-0.15, -0.1) is 11.3 Å². The van der Waals surface area contributed by atoms with Gasteiger partial charge in [0.15, 0.2) is 0 Å². The molecule has 124 valence electrons. The smallest absolute Gasteiger partial charge is 0.253 e. The molecule has 22 heavy (non-hydrogen) atoms. The minimum absolute atomic E-state index is 0.122. The van der Waals surface area contributed by atoms with E-state index in [0.29, 0.717) is 25.9 Å². The summed E-state index contributed by atoms with van der Waals surface area (Å²) in [6.07, 6.45) is 1.21. The van der Waals surface area contributed by atoms with E-state index in [9.17, 15) is 13.2 Å². The summed E-state index contributed by atoms with van der Waals surface area (Å²) in [7, 11) is -3.63. The molecule has 1 atom stereocenters. The normalized spacial score (nSPS) is 19.5. The molecule has 0 bridgehead atoms. The number of carbonyl (C=O) groups is 1. The quantitative estimate of drug-likeness (QED) is 0.835. The molecule has 0 aromatic carbocycles. The van der Waals surface area contributed by atoms with Crippen LogP contribution in [-0.4, -0.2) is 60.9 Å². The Hall–Kier alpha value is -0.960. The van der Waals surface area contributed by atoms with Crippen molar-refractivity contribution in [3.05, 3.63) is 17.0 Å². The number of aliphatic hydroxyl groups excluding tert-OH is 1. The number of nitrogens with zero attached hydrogens (tertiary/aromatic N) is 2. The van der Waals surface area contributed by atoms with Crippen LogP contribution in [0.1, 0.15) is 24.6 Å². The number of hydrogen-bond acceptors (Lipinski definition) is 5. The Balaban J connectivity index is 2.25. The lowest BCUT2D eigenvalue weighted by Gasteiger charge is -2.28. The molecule has 0 radical (unpaired) electrons. The zero-order chi connectivity index (χ0) is 16.3. The number of amides is 1. The number of aryl methyl sites for hydroxylation is 1. The highest BCUT2D eigenvalue weighted by Gasteiger charge is 2.41. The second kappa shape index (κ2) is 7.08. The minimum Gasteiger partial charge on any atom is -0.395 e. The van der Waals surface area contributed by atoms with Gasteiger partial charge < -0.3 is 10.0 Å². The van der Waals surface area contributed by atoms with E-state index in [1.54, 1.807) is 12.1 Å². The summed E-state index contributed by atoms with van der Waals surface area (Å²) >= 11 is 1.23. The molecule has 1 aliphatic heterocycles. The highest BCUT2D eigenvalue weighted by Crippen LogP contribution is 2.30. The molecule has 1 unspecified atom stereocenters. The maximum atomic E-state index is 12.7. The predicted octanol–water partition coefficient (Wildman–Crippen LogP) is 1.05. The Bertz CT molecular complexity index is 627. The third-order valence-electron chi connectivity index (χ3n) is 3.83. The average Bonchev–Trinajstić information content (AvgIpc) is 3.13. The molecule has 2 heterocycles. The number of likely N-dealkylation sites (N-methyl/N-ethyl adjacent to an activating group) is 1. The topological polar surface area (TPSA) is 77.9 Å². The third-order valence-corrected chi connectivity index (χ3v) is 7.21. The van der Waals surface area contributed by atoms with Gasteiger partial charge in [0.2, 0.25) is 5.91 Å². The molecular formula is C14H22N2O4S2.